The van der Waals surface area contributed by atoms with E-state index in [0.29, 0.717) is 5.96 Å². The molecule has 0 N–H and O–H groups in total. The summed E-state index contributed by atoms with van der Waals surface area (Å²) in [6.07, 6.45) is 25.5. The van der Waals surface area contributed by atoms with E-state index in [0.717, 1.165) is 37.2 Å². The van der Waals surface area contributed by atoms with Gasteiger partial charge in [0.2, 0.25) is 5.96 Å². The lowest BCUT2D eigenvalue weighted by atomic mass is 10.1. The van der Waals surface area contributed by atoms with Gasteiger partial charge in [-0.3, -0.25) is 0 Å². The summed E-state index contributed by atoms with van der Waals surface area (Å²) in [4.78, 5) is 13.6. The Bertz CT molecular complexity index is 478. The van der Waals surface area contributed by atoms with Crippen LogP contribution in [0.5, 0.6) is 0 Å². The van der Waals surface area contributed by atoms with E-state index in [1.807, 2.05) is 0 Å². The second-order valence-corrected chi connectivity index (χ2v) is 7.94. The topological polar surface area (TPSA) is 37.1 Å². The molecule has 0 aromatic carbocycles. The lowest BCUT2D eigenvalue weighted by Gasteiger charge is -2.00. The van der Waals surface area contributed by atoms with Crippen LogP contribution in [0.25, 0.3) is 0 Å². The first-order valence-electron chi connectivity index (χ1n) is 12.2. The van der Waals surface area contributed by atoms with Crippen molar-refractivity contribution >= 4 is 17.4 Å². The zero-order valence-electron chi connectivity index (χ0n) is 19.0. The maximum atomic E-state index is 4.56. The fourth-order valence-corrected chi connectivity index (χ4v) is 3.57. The van der Waals surface area contributed by atoms with E-state index in [1.165, 1.54) is 83.5 Å². The molecule has 0 atom stereocenters. The van der Waals surface area contributed by atoms with Crippen molar-refractivity contribution in [1.29, 1.82) is 0 Å². The summed E-state index contributed by atoms with van der Waals surface area (Å²) in [5.41, 5.74) is 2.25. The monoisotopic (exact) mass is 387 g/mol. The first kappa shape index (κ1) is 24.8. The standard InChI is InChI=1S/C25H45N3/c1-4-7-8-9-10-11-12-13-14-15-16-17-18-19-20-21-22-26-25-27-23(5-2)24(6-3)28-25/h13-14H,4-12,15-22H2,1-3H3. The van der Waals surface area contributed by atoms with Crippen LogP contribution in [0.15, 0.2) is 27.1 Å². The first-order valence-corrected chi connectivity index (χ1v) is 12.2. The van der Waals surface area contributed by atoms with Crippen LogP contribution < -0.4 is 0 Å². The van der Waals surface area contributed by atoms with Crippen LogP contribution in [0.1, 0.15) is 124 Å². The van der Waals surface area contributed by atoms with Crippen LogP contribution in [0.2, 0.25) is 0 Å². The molecule has 1 aliphatic rings. The molecule has 28 heavy (non-hydrogen) atoms. The highest BCUT2D eigenvalue weighted by Crippen LogP contribution is 2.11. The molecular formula is C25H45N3. The van der Waals surface area contributed by atoms with Gasteiger partial charge in [-0.05, 0) is 44.9 Å². The Balaban J connectivity index is 1.88. The summed E-state index contributed by atoms with van der Waals surface area (Å²) in [6, 6.07) is 0. The SMILES string of the molecule is CCCCCCCCC=CCCCCCCCCN=C1N=C(CC)C(CC)=N1. The molecule has 0 amide bonds. The van der Waals surface area contributed by atoms with Gasteiger partial charge in [0, 0.05) is 6.54 Å². The summed E-state index contributed by atoms with van der Waals surface area (Å²) >= 11 is 0. The molecule has 0 aliphatic carbocycles. The Morgan fingerprint density at radius 1 is 0.607 bits per heavy atom. The normalized spacial score (nSPS) is 14.0. The van der Waals surface area contributed by atoms with E-state index in [4.69, 9.17) is 0 Å². The molecule has 0 unspecified atom stereocenters. The number of aliphatic imine (C=N–C) groups is 3. The minimum atomic E-state index is 0.710. The molecule has 0 radical (unpaired) electrons. The smallest absolute Gasteiger partial charge is 0.245 e. The van der Waals surface area contributed by atoms with E-state index in [9.17, 15) is 0 Å². The Kier molecular flexibility index (Phi) is 15.8. The zero-order chi connectivity index (χ0) is 20.3. The number of rotatable bonds is 18. The molecule has 0 bridgehead atoms. The van der Waals surface area contributed by atoms with E-state index < -0.39 is 0 Å². The number of allylic oxidation sites excluding steroid dienone is 2. The van der Waals surface area contributed by atoms with Crippen molar-refractivity contribution < 1.29 is 0 Å². The number of hydrogen-bond acceptors (Lipinski definition) is 1. The second-order valence-electron chi connectivity index (χ2n) is 7.94. The van der Waals surface area contributed by atoms with Gasteiger partial charge in [0.25, 0.3) is 0 Å². The lowest BCUT2D eigenvalue weighted by molar-refractivity contribution is 0.599. The van der Waals surface area contributed by atoms with Gasteiger partial charge in [-0.15, -0.1) is 0 Å². The molecule has 0 saturated carbocycles. The van der Waals surface area contributed by atoms with Crippen LogP contribution >= 0.6 is 0 Å². The van der Waals surface area contributed by atoms with Crippen molar-refractivity contribution in [3.63, 3.8) is 0 Å². The van der Waals surface area contributed by atoms with E-state index >= 15 is 0 Å². The van der Waals surface area contributed by atoms with Crippen LogP contribution in [0.4, 0.5) is 0 Å². The number of guanidine groups is 1. The van der Waals surface area contributed by atoms with Crippen molar-refractivity contribution in [2.45, 2.75) is 124 Å². The highest BCUT2D eigenvalue weighted by atomic mass is 15.1. The predicted octanol–water partition coefficient (Wildman–Crippen LogP) is 8.10. The van der Waals surface area contributed by atoms with Gasteiger partial charge < -0.3 is 0 Å². The van der Waals surface area contributed by atoms with Crippen molar-refractivity contribution in [1.82, 2.24) is 0 Å². The second kappa shape index (κ2) is 17.8. The highest BCUT2D eigenvalue weighted by Gasteiger charge is 2.13. The summed E-state index contributed by atoms with van der Waals surface area (Å²) in [5.74, 6) is 0.710. The molecule has 1 aliphatic heterocycles. The summed E-state index contributed by atoms with van der Waals surface area (Å²) in [7, 11) is 0. The lowest BCUT2D eigenvalue weighted by Crippen LogP contribution is -2.07. The molecule has 0 spiro atoms. The van der Waals surface area contributed by atoms with E-state index in [2.05, 4.69) is 47.9 Å². The fourth-order valence-electron chi connectivity index (χ4n) is 3.57. The van der Waals surface area contributed by atoms with E-state index in [-0.39, 0.29) is 0 Å². The van der Waals surface area contributed by atoms with Gasteiger partial charge in [-0.1, -0.05) is 90.7 Å². The average Bonchev–Trinajstić information content (AvgIpc) is 3.12. The Morgan fingerprint density at radius 2 is 1.07 bits per heavy atom. The van der Waals surface area contributed by atoms with Crippen molar-refractivity contribution in [3.05, 3.63) is 12.2 Å². The minimum Gasteiger partial charge on any atom is -0.249 e. The van der Waals surface area contributed by atoms with Gasteiger partial charge in [0.05, 0.1) is 11.4 Å². The van der Waals surface area contributed by atoms with Crippen molar-refractivity contribution in [2.75, 3.05) is 6.54 Å². The fraction of sp³-hybridized carbons (Fsp3) is 0.800. The van der Waals surface area contributed by atoms with Gasteiger partial charge in [-0.2, -0.15) is 0 Å². The number of hydrogen-bond donors (Lipinski definition) is 0. The molecule has 1 rings (SSSR count). The van der Waals surface area contributed by atoms with Gasteiger partial charge in [0.15, 0.2) is 0 Å². The zero-order valence-corrected chi connectivity index (χ0v) is 19.0. The van der Waals surface area contributed by atoms with Crippen molar-refractivity contribution in [3.8, 4) is 0 Å². The molecule has 3 heteroatoms. The van der Waals surface area contributed by atoms with Gasteiger partial charge in [0.1, 0.15) is 0 Å². The Hall–Kier alpha value is -1.25. The van der Waals surface area contributed by atoms with Crippen LogP contribution in [0.3, 0.4) is 0 Å². The maximum Gasteiger partial charge on any atom is 0.245 e. The largest absolute Gasteiger partial charge is 0.249 e. The number of nitrogens with zero attached hydrogens (tertiary/aromatic N) is 3. The number of unbranched alkanes of at least 4 members (excludes halogenated alkanes) is 12. The molecule has 160 valence electrons. The summed E-state index contributed by atoms with van der Waals surface area (Å²) < 4.78 is 0. The predicted molar refractivity (Wildman–Crippen MR) is 127 cm³/mol. The minimum absolute atomic E-state index is 0.710. The van der Waals surface area contributed by atoms with Gasteiger partial charge >= 0.3 is 0 Å². The molecule has 0 fully saturated rings. The third kappa shape index (κ3) is 12.3. The summed E-state index contributed by atoms with van der Waals surface area (Å²) in [6.45, 7) is 7.43. The molecule has 0 saturated heterocycles. The molecule has 1 heterocycles. The average molecular weight is 388 g/mol. The maximum absolute atomic E-state index is 4.56. The highest BCUT2D eigenvalue weighted by molar-refractivity contribution is 6.48. The van der Waals surface area contributed by atoms with Gasteiger partial charge in [-0.25, -0.2) is 15.0 Å². The molecule has 0 aromatic heterocycles. The Morgan fingerprint density at radius 3 is 1.57 bits per heavy atom. The molecule has 0 aromatic rings. The quantitative estimate of drug-likeness (QED) is 0.168. The molecular weight excluding hydrogens is 342 g/mol. The van der Waals surface area contributed by atoms with Crippen LogP contribution in [-0.4, -0.2) is 23.9 Å². The third-order valence-corrected chi connectivity index (χ3v) is 5.40. The summed E-state index contributed by atoms with van der Waals surface area (Å²) in [5, 5.41) is 0. The van der Waals surface area contributed by atoms with Crippen LogP contribution in [-0.2, 0) is 0 Å². The Labute approximate surface area is 174 Å². The molecule has 3 nitrogen and oxygen atoms in total. The third-order valence-electron chi connectivity index (χ3n) is 5.40. The van der Waals surface area contributed by atoms with Crippen LogP contribution in [0, 0.1) is 0 Å². The van der Waals surface area contributed by atoms with E-state index in [1.54, 1.807) is 0 Å². The van der Waals surface area contributed by atoms with Crippen molar-refractivity contribution in [2.24, 2.45) is 15.0 Å². The first-order chi connectivity index (χ1) is 13.8.